The summed E-state index contributed by atoms with van der Waals surface area (Å²) in [6.45, 7) is 3.73. The normalized spacial score (nSPS) is 14.7. The lowest BCUT2D eigenvalue weighted by Crippen LogP contribution is -2.15. The van der Waals surface area contributed by atoms with E-state index in [0.29, 0.717) is 0 Å². The lowest BCUT2D eigenvalue weighted by Gasteiger charge is -2.14. The second-order valence-electron chi connectivity index (χ2n) is 3.15. The number of rotatable bonds is 4. The van der Waals surface area contributed by atoms with Crippen molar-refractivity contribution in [1.82, 2.24) is 9.97 Å². The number of hydrogen-bond acceptors (Lipinski definition) is 5. The summed E-state index contributed by atoms with van der Waals surface area (Å²) < 4.78 is 0.838. The Morgan fingerprint density at radius 3 is 2.67 bits per heavy atom. The summed E-state index contributed by atoms with van der Waals surface area (Å²) in [7, 11) is 1.81. The average Bonchev–Trinajstić information content (AvgIpc) is 2.21. The fourth-order valence-corrected chi connectivity index (χ4v) is 2.43. The van der Waals surface area contributed by atoms with E-state index < -0.39 is 0 Å². The molecular formula is C9H14BrN3OS. The molecular weight excluding hydrogens is 278 g/mol. The summed E-state index contributed by atoms with van der Waals surface area (Å²) in [6.07, 6.45) is 1.14. The van der Waals surface area contributed by atoms with Crippen molar-refractivity contribution in [2.24, 2.45) is 0 Å². The number of thioether (sulfide) groups is 1. The van der Waals surface area contributed by atoms with E-state index in [2.05, 4.69) is 31.2 Å². The molecule has 4 nitrogen and oxygen atoms in total. The van der Waals surface area contributed by atoms with E-state index in [9.17, 15) is 5.11 Å². The molecule has 0 saturated carbocycles. The van der Waals surface area contributed by atoms with Gasteiger partial charge >= 0.3 is 0 Å². The van der Waals surface area contributed by atoms with Gasteiger partial charge in [0.1, 0.15) is 17.2 Å². The Hall–Kier alpha value is -0.330. The lowest BCUT2D eigenvalue weighted by atomic mass is 10.3. The van der Waals surface area contributed by atoms with E-state index in [1.807, 2.05) is 6.92 Å². The van der Waals surface area contributed by atoms with E-state index in [1.54, 1.807) is 14.0 Å². The summed E-state index contributed by atoms with van der Waals surface area (Å²) in [6, 6.07) is 0. The minimum Gasteiger partial charge on any atom is -0.392 e. The van der Waals surface area contributed by atoms with Gasteiger partial charge in [-0.15, -0.1) is 0 Å². The number of nitrogens with zero attached hydrogens (tertiary/aromatic N) is 2. The molecule has 0 aromatic carbocycles. The van der Waals surface area contributed by atoms with Crippen molar-refractivity contribution >= 4 is 33.5 Å². The molecule has 0 bridgehead atoms. The van der Waals surface area contributed by atoms with Crippen LogP contribution in [0.3, 0.4) is 0 Å². The van der Waals surface area contributed by atoms with Gasteiger partial charge in [0.25, 0.3) is 0 Å². The Labute approximate surface area is 102 Å². The number of hydrogen-bond donors (Lipinski definition) is 2. The molecule has 0 aliphatic heterocycles. The predicted octanol–water partition coefficient (Wildman–Crippen LogP) is 2.14. The number of anilines is 1. The topological polar surface area (TPSA) is 58.0 Å². The summed E-state index contributed by atoms with van der Waals surface area (Å²) in [5, 5.41) is 13.3. The first kappa shape index (κ1) is 12.7. The van der Waals surface area contributed by atoms with Crippen LogP contribution in [-0.4, -0.2) is 33.5 Å². The number of aromatic nitrogens is 2. The molecule has 1 heterocycles. The third-order valence-electron chi connectivity index (χ3n) is 1.97. The lowest BCUT2D eigenvalue weighted by molar-refractivity contribution is 0.196. The van der Waals surface area contributed by atoms with Crippen LogP contribution in [0, 0.1) is 0 Å². The maximum absolute atomic E-state index is 9.40. The van der Waals surface area contributed by atoms with Gasteiger partial charge in [-0.2, -0.15) is 0 Å². The van der Waals surface area contributed by atoms with Crippen molar-refractivity contribution in [2.45, 2.75) is 30.2 Å². The fraction of sp³-hybridized carbons (Fsp3) is 0.556. The van der Waals surface area contributed by atoms with Crippen molar-refractivity contribution in [2.75, 3.05) is 12.4 Å². The molecule has 0 aliphatic carbocycles. The van der Waals surface area contributed by atoms with E-state index in [-0.39, 0.29) is 11.4 Å². The summed E-state index contributed by atoms with van der Waals surface area (Å²) in [4.78, 5) is 8.23. The van der Waals surface area contributed by atoms with Crippen LogP contribution in [0.15, 0.2) is 15.8 Å². The van der Waals surface area contributed by atoms with Crippen LogP contribution in [0.4, 0.5) is 5.82 Å². The Kier molecular flexibility index (Phi) is 4.82. The molecule has 1 aromatic heterocycles. The highest BCUT2D eigenvalue weighted by Gasteiger charge is 2.15. The highest BCUT2D eigenvalue weighted by Crippen LogP contribution is 2.33. The zero-order valence-electron chi connectivity index (χ0n) is 8.86. The summed E-state index contributed by atoms with van der Waals surface area (Å²) in [5.41, 5.74) is 0. The second-order valence-corrected chi connectivity index (χ2v) is 5.31. The third-order valence-corrected chi connectivity index (χ3v) is 4.28. The van der Waals surface area contributed by atoms with Crippen molar-refractivity contribution in [1.29, 1.82) is 0 Å². The van der Waals surface area contributed by atoms with E-state index >= 15 is 0 Å². The van der Waals surface area contributed by atoms with Crippen molar-refractivity contribution < 1.29 is 5.11 Å². The Morgan fingerprint density at radius 1 is 1.47 bits per heavy atom. The molecule has 0 saturated heterocycles. The van der Waals surface area contributed by atoms with Crippen LogP contribution >= 0.6 is 27.7 Å². The predicted molar refractivity (Wildman–Crippen MR) is 66.3 cm³/mol. The molecule has 84 valence electrons. The molecule has 2 N–H and O–H groups in total. The van der Waals surface area contributed by atoms with E-state index in [4.69, 9.17) is 0 Å². The van der Waals surface area contributed by atoms with Crippen LogP contribution in [0.2, 0.25) is 0 Å². The highest BCUT2D eigenvalue weighted by atomic mass is 79.9. The van der Waals surface area contributed by atoms with Crippen molar-refractivity contribution in [3.05, 3.63) is 10.8 Å². The Bertz CT molecular complexity index is 335. The van der Waals surface area contributed by atoms with Gasteiger partial charge in [0.15, 0.2) is 0 Å². The Balaban J connectivity index is 2.86. The number of aliphatic hydroxyl groups is 1. The molecule has 0 aliphatic rings. The molecule has 2 atom stereocenters. The maximum atomic E-state index is 9.40. The minimum absolute atomic E-state index is 0.0981. The summed E-state index contributed by atoms with van der Waals surface area (Å²) >= 11 is 4.95. The van der Waals surface area contributed by atoms with Crippen LogP contribution in [0.5, 0.6) is 0 Å². The molecule has 1 aromatic rings. The fourth-order valence-electron chi connectivity index (χ4n) is 0.885. The largest absolute Gasteiger partial charge is 0.392 e. The van der Waals surface area contributed by atoms with Gasteiger partial charge in [-0.05, 0) is 22.9 Å². The molecule has 0 spiro atoms. The first-order chi connectivity index (χ1) is 7.06. The molecule has 0 amide bonds. The first-order valence-electron chi connectivity index (χ1n) is 4.59. The third kappa shape index (κ3) is 3.32. The number of aliphatic hydroxyl groups excluding tert-OH is 1. The molecule has 2 unspecified atom stereocenters. The molecule has 15 heavy (non-hydrogen) atoms. The minimum atomic E-state index is -0.366. The first-order valence-corrected chi connectivity index (χ1v) is 6.26. The molecule has 0 fully saturated rings. The van der Waals surface area contributed by atoms with Gasteiger partial charge in [0.2, 0.25) is 0 Å². The van der Waals surface area contributed by atoms with Gasteiger partial charge in [-0.25, -0.2) is 9.97 Å². The quantitative estimate of drug-likeness (QED) is 0.658. The van der Waals surface area contributed by atoms with Crippen LogP contribution in [0.25, 0.3) is 0 Å². The number of halogens is 1. The maximum Gasteiger partial charge on any atom is 0.144 e. The smallest absolute Gasteiger partial charge is 0.144 e. The second kappa shape index (κ2) is 5.67. The van der Waals surface area contributed by atoms with E-state index in [1.165, 1.54) is 18.1 Å². The van der Waals surface area contributed by atoms with Crippen LogP contribution in [0.1, 0.15) is 13.8 Å². The van der Waals surface area contributed by atoms with E-state index in [0.717, 1.165) is 15.3 Å². The molecule has 1 rings (SSSR count). The zero-order chi connectivity index (χ0) is 11.4. The van der Waals surface area contributed by atoms with Crippen molar-refractivity contribution in [3.8, 4) is 0 Å². The zero-order valence-corrected chi connectivity index (χ0v) is 11.3. The van der Waals surface area contributed by atoms with Gasteiger partial charge in [0.05, 0.1) is 10.6 Å². The molecule has 0 radical (unpaired) electrons. The highest BCUT2D eigenvalue weighted by molar-refractivity contribution is 9.10. The Morgan fingerprint density at radius 2 is 2.13 bits per heavy atom. The van der Waals surface area contributed by atoms with Crippen LogP contribution < -0.4 is 5.32 Å². The average molecular weight is 292 g/mol. The van der Waals surface area contributed by atoms with Gasteiger partial charge in [-0.1, -0.05) is 18.7 Å². The van der Waals surface area contributed by atoms with Crippen molar-refractivity contribution in [3.63, 3.8) is 0 Å². The number of nitrogens with one attached hydrogen (secondary N) is 1. The monoisotopic (exact) mass is 291 g/mol. The SMILES string of the molecule is CNc1ncnc(SC(C)C(C)O)c1Br. The standard InChI is InChI=1S/C9H14BrN3OS/c1-5(14)6(2)15-9-7(10)8(11-3)12-4-13-9/h4-6,14H,1-3H3,(H,11,12,13). The van der Waals surface area contributed by atoms with Crippen LogP contribution in [-0.2, 0) is 0 Å². The van der Waals surface area contributed by atoms with Gasteiger partial charge in [0, 0.05) is 12.3 Å². The molecule has 6 heteroatoms. The summed E-state index contributed by atoms with van der Waals surface area (Å²) in [5.74, 6) is 0.755. The van der Waals surface area contributed by atoms with Gasteiger partial charge < -0.3 is 10.4 Å². The van der Waals surface area contributed by atoms with Gasteiger partial charge in [-0.3, -0.25) is 0 Å².